The third-order valence-electron chi connectivity index (χ3n) is 6.83. The Morgan fingerprint density at radius 2 is 2.06 bits per heavy atom. The first-order valence-electron chi connectivity index (χ1n) is 12.6. The largest absolute Gasteiger partial charge is 0.467 e. The van der Waals surface area contributed by atoms with Crippen molar-refractivity contribution >= 4 is 10.9 Å². The van der Waals surface area contributed by atoms with Crippen molar-refractivity contribution in [2.24, 2.45) is 0 Å². The highest BCUT2D eigenvalue weighted by molar-refractivity contribution is 5.79. The minimum absolute atomic E-state index is 0.0623. The van der Waals surface area contributed by atoms with Crippen LogP contribution in [0.5, 0.6) is 0 Å². The number of aryl methyl sites for hydroxylation is 1. The fourth-order valence-corrected chi connectivity index (χ4v) is 4.86. The van der Waals surface area contributed by atoms with Gasteiger partial charge in [-0.1, -0.05) is 18.6 Å². The second-order valence-electron chi connectivity index (χ2n) is 9.34. The van der Waals surface area contributed by atoms with Gasteiger partial charge in [0, 0.05) is 43.8 Å². The highest BCUT2D eigenvalue weighted by Crippen LogP contribution is 2.25. The van der Waals surface area contributed by atoms with E-state index in [1.54, 1.807) is 10.9 Å². The summed E-state index contributed by atoms with van der Waals surface area (Å²) in [6.45, 7) is 10.1. The van der Waals surface area contributed by atoms with E-state index in [-0.39, 0.29) is 11.6 Å². The minimum atomic E-state index is -0.0661. The third kappa shape index (κ3) is 5.56. The van der Waals surface area contributed by atoms with E-state index in [0.717, 1.165) is 79.4 Å². The summed E-state index contributed by atoms with van der Waals surface area (Å²) in [6.07, 6.45) is 2.45. The van der Waals surface area contributed by atoms with Gasteiger partial charge in [0.25, 0.3) is 5.56 Å². The zero-order valence-electron chi connectivity index (χ0n) is 20.9. The van der Waals surface area contributed by atoms with Crippen molar-refractivity contribution < 1.29 is 9.15 Å². The molecule has 1 aliphatic heterocycles. The van der Waals surface area contributed by atoms with Gasteiger partial charge in [-0.3, -0.25) is 14.6 Å². The number of nitrogens with zero attached hydrogens (tertiary/aromatic N) is 6. The fraction of sp³-hybridized carbons (Fsp3) is 0.462. The van der Waals surface area contributed by atoms with Gasteiger partial charge in [-0.2, -0.15) is 0 Å². The van der Waals surface area contributed by atoms with Crippen LogP contribution in [0.1, 0.15) is 42.1 Å². The van der Waals surface area contributed by atoms with E-state index < -0.39 is 0 Å². The summed E-state index contributed by atoms with van der Waals surface area (Å²) in [4.78, 5) is 20.9. The molecule has 36 heavy (non-hydrogen) atoms. The van der Waals surface area contributed by atoms with Crippen molar-refractivity contribution in [3.63, 3.8) is 0 Å². The number of nitrogens with one attached hydrogen (secondary N) is 1. The number of hydrogen-bond acceptors (Lipinski definition) is 8. The van der Waals surface area contributed by atoms with Gasteiger partial charge in [-0.15, -0.1) is 5.10 Å². The number of benzene rings is 1. The van der Waals surface area contributed by atoms with E-state index in [1.807, 2.05) is 30.3 Å². The molecule has 0 spiro atoms. The molecule has 0 bridgehead atoms. The number of ether oxygens (including phenoxy) is 1. The van der Waals surface area contributed by atoms with E-state index in [2.05, 4.69) is 50.2 Å². The number of pyridine rings is 1. The van der Waals surface area contributed by atoms with Crippen molar-refractivity contribution in [3.8, 4) is 0 Å². The predicted molar refractivity (Wildman–Crippen MR) is 136 cm³/mol. The first kappa shape index (κ1) is 24.4. The van der Waals surface area contributed by atoms with Crippen LogP contribution in [0.25, 0.3) is 10.9 Å². The van der Waals surface area contributed by atoms with Gasteiger partial charge in [0.15, 0.2) is 5.82 Å². The summed E-state index contributed by atoms with van der Waals surface area (Å²) in [5, 5.41) is 13.7. The average Bonchev–Trinajstić information content (AvgIpc) is 3.57. The Morgan fingerprint density at radius 1 is 1.19 bits per heavy atom. The number of furan rings is 1. The van der Waals surface area contributed by atoms with E-state index in [0.29, 0.717) is 13.1 Å². The Morgan fingerprint density at radius 3 is 2.83 bits per heavy atom. The lowest BCUT2D eigenvalue weighted by Gasteiger charge is -2.33. The van der Waals surface area contributed by atoms with Gasteiger partial charge in [-0.05, 0) is 59.5 Å². The SMILES string of the molecule is CC[C@H](c1nnnn1Cc1ccco1)N(CCN1CCOCC1)Cc1cc2cc(C)ccc2[nH]c1=O. The van der Waals surface area contributed by atoms with Crippen molar-refractivity contribution in [1.29, 1.82) is 0 Å². The number of aromatic nitrogens is 5. The monoisotopic (exact) mass is 491 g/mol. The molecule has 10 nitrogen and oxygen atoms in total. The second-order valence-corrected chi connectivity index (χ2v) is 9.34. The van der Waals surface area contributed by atoms with E-state index in [4.69, 9.17) is 9.15 Å². The molecule has 0 radical (unpaired) electrons. The summed E-state index contributed by atoms with van der Waals surface area (Å²) < 4.78 is 12.8. The number of H-pyrrole nitrogens is 1. The first-order valence-corrected chi connectivity index (χ1v) is 12.6. The van der Waals surface area contributed by atoms with Crippen LogP contribution in [-0.4, -0.2) is 74.4 Å². The molecule has 0 aliphatic carbocycles. The molecule has 0 unspecified atom stereocenters. The van der Waals surface area contributed by atoms with Crippen LogP contribution in [-0.2, 0) is 17.8 Å². The summed E-state index contributed by atoms with van der Waals surface area (Å²) >= 11 is 0. The van der Waals surface area contributed by atoms with Crippen molar-refractivity contribution in [1.82, 2.24) is 35.0 Å². The number of rotatable bonds is 10. The Hall–Kier alpha value is -3.34. The molecule has 0 saturated carbocycles. The van der Waals surface area contributed by atoms with Crippen LogP contribution in [0.2, 0.25) is 0 Å². The van der Waals surface area contributed by atoms with Crippen LogP contribution in [0, 0.1) is 6.92 Å². The lowest BCUT2D eigenvalue weighted by Crippen LogP contribution is -2.43. The molecule has 1 N–H and O–H groups in total. The Labute approximate surface area is 209 Å². The van der Waals surface area contributed by atoms with Gasteiger partial charge in [-0.25, -0.2) is 4.68 Å². The van der Waals surface area contributed by atoms with Crippen LogP contribution in [0.15, 0.2) is 51.9 Å². The standard InChI is InChI=1S/C26H33N7O3/c1-3-24(25-28-29-30-33(25)18-22-5-4-12-36-22)32(9-8-31-10-13-35-14-11-31)17-21-16-20-15-19(2)6-7-23(20)27-26(21)34/h4-7,12,15-16,24H,3,8-11,13-14,17-18H2,1-2H3,(H,27,34)/t24-/m1/s1. The molecule has 1 aromatic carbocycles. The van der Waals surface area contributed by atoms with Crippen LogP contribution < -0.4 is 5.56 Å². The number of tetrazole rings is 1. The van der Waals surface area contributed by atoms with E-state index >= 15 is 0 Å². The summed E-state index contributed by atoms with van der Waals surface area (Å²) in [5.74, 6) is 1.56. The zero-order chi connectivity index (χ0) is 24.9. The molecule has 0 amide bonds. The minimum Gasteiger partial charge on any atom is -0.467 e. The molecule has 1 aliphatic rings. The topological polar surface area (TPSA) is 105 Å². The number of aromatic amines is 1. The summed E-state index contributed by atoms with van der Waals surface area (Å²) in [6, 6.07) is 11.8. The van der Waals surface area contributed by atoms with Gasteiger partial charge in [0.2, 0.25) is 0 Å². The Bertz CT molecular complexity index is 1330. The van der Waals surface area contributed by atoms with E-state index in [9.17, 15) is 4.79 Å². The smallest absolute Gasteiger partial charge is 0.252 e. The molecule has 1 saturated heterocycles. The maximum absolute atomic E-state index is 13.1. The lowest BCUT2D eigenvalue weighted by atomic mass is 10.1. The maximum Gasteiger partial charge on any atom is 0.252 e. The van der Waals surface area contributed by atoms with Crippen molar-refractivity contribution in [3.05, 3.63) is 75.7 Å². The Balaban J connectivity index is 1.45. The molecule has 190 valence electrons. The van der Waals surface area contributed by atoms with Gasteiger partial charge >= 0.3 is 0 Å². The molecule has 4 aromatic rings. The van der Waals surface area contributed by atoms with Gasteiger partial charge < -0.3 is 14.1 Å². The zero-order valence-corrected chi connectivity index (χ0v) is 20.9. The van der Waals surface area contributed by atoms with Gasteiger partial charge in [0.1, 0.15) is 12.3 Å². The van der Waals surface area contributed by atoms with Crippen molar-refractivity contribution in [2.45, 2.75) is 39.4 Å². The predicted octanol–water partition coefficient (Wildman–Crippen LogP) is 2.75. The number of hydrogen-bond donors (Lipinski definition) is 1. The molecule has 3 aromatic heterocycles. The summed E-state index contributed by atoms with van der Waals surface area (Å²) in [7, 11) is 0. The number of morpholine rings is 1. The highest BCUT2D eigenvalue weighted by atomic mass is 16.5. The van der Waals surface area contributed by atoms with Crippen LogP contribution in [0.3, 0.4) is 0 Å². The van der Waals surface area contributed by atoms with Crippen LogP contribution >= 0.6 is 0 Å². The highest BCUT2D eigenvalue weighted by Gasteiger charge is 2.27. The normalized spacial score (nSPS) is 15.6. The Kier molecular flexibility index (Phi) is 7.55. The average molecular weight is 492 g/mol. The molecular formula is C26H33N7O3. The van der Waals surface area contributed by atoms with Crippen molar-refractivity contribution in [2.75, 3.05) is 39.4 Å². The van der Waals surface area contributed by atoms with Crippen LogP contribution in [0.4, 0.5) is 0 Å². The molecule has 5 rings (SSSR count). The molecule has 1 fully saturated rings. The third-order valence-corrected chi connectivity index (χ3v) is 6.83. The first-order chi connectivity index (χ1) is 17.6. The second kappa shape index (κ2) is 11.2. The molecule has 4 heterocycles. The summed E-state index contributed by atoms with van der Waals surface area (Å²) in [5.41, 5.74) is 2.68. The maximum atomic E-state index is 13.1. The molecule has 10 heteroatoms. The van der Waals surface area contributed by atoms with Gasteiger partial charge in [0.05, 0.1) is 25.5 Å². The quantitative estimate of drug-likeness (QED) is 0.361. The van der Waals surface area contributed by atoms with E-state index in [1.165, 1.54) is 0 Å². The number of fused-ring (bicyclic) bond motifs is 1. The molecule has 1 atom stereocenters. The fourth-order valence-electron chi connectivity index (χ4n) is 4.86. The molecular weight excluding hydrogens is 458 g/mol. The lowest BCUT2D eigenvalue weighted by molar-refractivity contribution is 0.0291.